The van der Waals surface area contributed by atoms with Crippen LogP contribution in [0.4, 0.5) is 0 Å². The second-order valence-electron chi connectivity index (χ2n) is 4.26. The van der Waals surface area contributed by atoms with Gasteiger partial charge in [0.25, 0.3) is 0 Å². The van der Waals surface area contributed by atoms with Gasteiger partial charge in [0.2, 0.25) is 10.0 Å². The highest BCUT2D eigenvalue weighted by Gasteiger charge is 2.25. The van der Waals surface area contributed by atoms with E-state index in [4.69, 9.17) is 10.2 Å². The molecule has 0 unspecified atom stereocenters. The summed E-state index contributed by atoms with van der Waals surface area (Å²) in [6, 6.07) is 3.75. The number of hydrogen-bond acceptors (Lipinski definition) is 5. The van der Waals surface area contributed by atoms with Gasteiger partial charge in [-0.1, -0.05) is 0 Å². The van der Waals surface area contributed by atoms with Crippen LogP contribution in [0.15, 0.2) is 25.2 Å². The molecule has 2 aromatic heterocycles. The monoisotopic (exact) mass is 378 g/mol. The first-order valence-electron chi connectivity index (χ1n) is 5.88. The van der Waals surface area contributed by atoms with Gasteiger partial charge in [-0.25, -0.2) is 13.1 Å². The highest BCUT2D eigenvalue weighted by Crippen LogP contribution is 2.27. The molecule has 0 bridgehead atoms. The third-order valence-electron chi connectivity index (χ3n) is 2.86. The molecule has 0 saturated carbocycles. The lowest BCUT2D eigenvalue weighted by Gasteiger charge is -2.06. The van der Waals surface area contributed by atoms with Gasteiger partial charge in [0.15, 0.2) is 0 Å². The van der Waals surface area contributed by atoms with Crippen LogP contribution >= 0.6 is 27.3 Å². The predicted octanol–water partition coefficient (Wildman–Crippen LogP) is 2.66. The van der Waals surface area contributed by atoms with Crippen LogP contribution in [-0.4, -0.2) is 8.42 Å². The molecule has 0 fully saturated rings. The summed E-state index contributed by atoms with van der Waals surface area (Å²) in [5.41, 5.74) is 6.15. The Morgan fingerprint density at radius 2 is 2.05 bits per heavy atom. The molecular formula is C12H15BrN2O3S2. The topological polar surface area (TPSA) is 85.3 Å². The molecule has 0 aliphatic rings. The second-order valence-corrected chi connectivity index (χ2v) is 8.51. The smallest absolute Gasteiger partial charge is 0.244 e. The van der Waals surface area contributed by atoms with Gasteiger partial charge in [0, 0.05) is 23.5 Å². The summed E-state index contributed by atoms with van der Waals surface area (Å²) in [4.78, 5) is 1.08. The van der Waals surface area contributed by atoms with E-state index in [0.717, 1.165) is 8.66 Å². The van der Waals surface area contributed by atoms with Crippen LogP contribution in [-0.2, 0) is 23.1 Å². The maximum Gasteiger partial charge on any atom is 0.244 e. The van der Waals surface area contributed by atoms with Crippen molar-refractivity contribution >= 4 is 37.3 Å². The van der Waals surface area contributed by atoms with E-state index in [9.17, 15) is 8.42 Å². The standard InChI is InChI=1S/C12H15BrN2O3S2/c1-7-10(5-14)12(8(2)18-7)20(16,17)15-6-9-3-4-11(13)19-9/h3-4,15H,5-6,14H2,1-2H3. The van der Waals surface area contributed by atoms with Crippen molar-refractivity contribution in [2.45, 2.75) is 31.8 Å². The minimum absolute atomic E-state index is 0.129. The number of nitrogens with two attached hydrogens (primary N) is 1. The summed E-state index contributed by atoms with van der Waals surface area (Å²) < 4.78 is 33.7. The number of furan rings is 1. The molecule has 0 aromatic carbocycles. The van der Waals surface area contributed by atoms with E-state index in [1.54, 1.807) is 13.8 Å². The first-order valence-corrected chi connectivity index (χ1v) is 8.97. The van der Waals surface area contributed by atoms with Crippen molar-refractivity contribution in [2.24, 2.45) is 5.73 Å². The Morgan fingerprint density at radius 3 is 2.60 bits per heavy atom. The van der Waals surface area contributed by atoms with Gasteiger partial charge in [0.1, 0.15) is 16.4 Å². The Morgan fingerprint density at radius 1 is 1.35 bits per heavy atom. The minimum Gasteiger partial charge on any atom is -0.465 e. The van der Waals surface area contributed by atoms with Crippen LogP contribution in [0.5, 0.6) is 0 Å². The Kier molecular flexibility index (Phi) is 4.70. The summed E-state index contributed by atoms with van der Waals surface area (Å²) in [5.74, 6) is 0.909. The molecule has 0 spiro atoms. The molecule has 2 rings (SSSR count). The third kappa shape index (κ3) is 3.15. The number of hydrogen-bond donors (Lipinski definition) is 2. The second kappa shape index (κ2) is 5.98. The Balaban J connectivity index is 2.27. The van der Waals surface area contributed by atoms with Crippen LogP contribution in [0.2, 0.25) is 0 Å². The van der Waals surface area contributed by atoms with Gasteiger partial charge in [-0.2, -0.15) is 0 Å². The molecule has 0 saturated heterocycles. The van der Waals surface area contributed by atoms with Gasteiger partial charge >= 0.3 is 0 Å². The normalized spacial score (nSPS) is 12.0. The van der Waals surface area contributed by atoms with E-state index < -0.39 is 10.0 Å². The average molecular weight is 379 g/mol. The molecule has 0 amide bonds. The molecule has 0 atom stereocenters. The quantitative estimate of drug-likeness (QED) is 0.837. The fraction of sp³-hybridized carbons (Fsp3) is 0.333. The summed E-state index contributed by atoms with van der Waals surface area (Å²) >= 11 is 4.83. The number of sulfonamides is 1. The highest BCUT2D eigenvalue weighted by molar-refractivity contribution is 9.11. The molecule has 0 aliphatic carbocycles. The van der Waals surface area contributed by atoms with Gasteiger partial charge in [-0.05, 0) is 41.9 Å². The number of halogens is 1. The largest absolute Gasteiger partial charge is 0.465 e. The Hall–Kier alpha value is -0.670. The van der Waals surface area contributed by atoms with E-state index in [0.29, 0.717) is 17.1 Å². The van der Waals surface area contributed by atoms with E-state index in [2.05, 4.69) is 20.7 Å². The van der Waals surface area contributed by atoms with Crippen molar-refractivity contribution in [1.82, 2.24) is 4.72 Å². The summed E-state index contributed by atoms with van der Waals surface area (Å²) in [6.45, 7) is 3.71. The SMILES string of the molecule is Cc1oc(C)c(S(=O)(=O)NCc2ccc(Br)s2)c1CN. The zero-order valence-electron chi connectivity index (χ0n) is 11.1. The first kappa shape index (κ1) is 15.7. The van der Waals surface area contributed by atoms with Crippen LogP contribution in [0.3, 0.4) is 0 Å². The number of thiophene rings is 1. The van der Waals surface area contributed by atoms with Crippen molar-refractivity contribution in [1.29, 1.82) is 0 Å². The molecule has 2 heterocycles. The van der Waals surface area contributed by atoms with E-state index in [1.807, 2.05) is 12.1 Å². The van der Waals surface area contributed by atoms with Crippen molar-refractivity contribution in [3.05, 3.63) is 37.9 Å². The molecule has 0 aliphatic heterocycles. The van der Waals surface area contributed by atoms with Crippen molar-refractivity contribution in [2.75, 3.05) is 0 Å². The van der Waals surface area contributed by atoms with Gasteiger partial charge in [-0.15, -0.1) is 11.3 Å². The molecule has 8 heteroatoms. The van der Waals surface area contributed by atoms with Crippen molar-refractivity contribution < 1.29 is 12.8 Å². The van der Waals surface area contributed by atoms with Gasteiger partial charge in [-0.3, -0.25) is 0 Å². The highest BCUT2D eigenvalue weighted by atomic mass is 79.9. The summed E-state index contributed by atoms with van der Waals surface area (Å²) in [6.07, 6.45) is 0. The van der Waals surface area contributed by atoms with Gasteiger partial charge in [0.05, 0.1) is 3.79 Å². The van der Waals surface area contributed by atoms with Crippen LogP contribution in [0.1, 0.15) is 22.0 Å². The maximum absolute atomic E-state index is 12.4. The molecule has 0 radical (unpaired) electrons. The predicted molar refractivity (Wildman–Crippen MR) is 82.1 cm³/mol. The van der Waals surface area contributed by atoms with Crippen LogP contribution in [0.25, 0.3) is 0 Å². The van der Waals surface area contributed by atoms with E-state index in [-0.39, 0.29) is 18.0 Å². The molecule has 5 nitrogen and oxygen atoms in total. The molecule has 2 aromatic rings. The van der Waals surface area contributed by atoms with Crippen LogP contribution < -0.4 is 10.5 Å². The molecule has 20 heavy (non-hydrogen) atoms. The fourth-order valence-corrected chi connectivity index (χ4v) is 4.96. The maximum atomic E-state index is 12.4. The van der Waals surface area contributed by atoms with Crippen LogP contribution in [0, 0.1) is 13.8 Å². The zero-order valence-corrected chi connectivity index (χ0v) is 14.3. The molecule has 3 N–H and O–H groups in total. The Bertz CT molecular complexity index is 719. The first-order chi connectivity index (χ1) is 9.35. The summed E-state index contributed by atoms with van der Waals surface area (Å²) in [7, 11) is -3.63. The zero-order chi connectivity index (χ0) is 14.9. The lowest BCUT2D eigenvalue weighted by atomic mass is 10.2. The van der Waals surface area contributed by atoms with E-state index >= 15 is 0 Å². The van der Waals surface area contributed by atoms with Crippen molar-refractivity contribution in [3.63, 3.8) is 0 Å². The Labute approximate surface area is 130 Å². The minimum atomic E-state index is -3.63. The third-order valence-corrected chi connectivity index (χ3v) is 6.08. The number of rotatable bonds is 5. The molecule has 110 valence electrons. The van der Waals surface area contributed by atoms with E-state index in [1.165, 1.54) is 11.3 Å². The fourth-order valence-electron chi connectivity index (χ4n) is 1.98. The summed E-state index contributed by atoms with van der Waals surface area (Å²) in [5, 5.41) is 0. The lowest BCUT2D eigenvalue weighted by molar-refractivity contribution is 0.494. The number of aryl methyl sites for hydroxylation is 2. The average Bonchev–Trinajstić information content (AvgIpc) is 2.90. The molecular weight excluding hydrogens is 364 g/mol. The van der Waals surface area contributed by atoms with Crippen molar-refractivity contribution in [3.8, 4) is 0 Å². The van der Waals surface area contributed by atoms with Gasteiger partial charge < -0.3 is 10.2 Å². The number of nitrogens with one attached hydrogen (secondary N) is 1. The lowest BCUT2D eigenvalue weighted by Crippen LogP contribution is -2.24.